The third-order valence-electron chi connectivity index (χ3n) is 2.84. The Morgan fingerprint density at radius 3 is 2.50 bits per heavy atom. The van der Waals surface area contributed by atoms with Gasteiger partial charge in [-0.15, -0.1) is 0 Å². The summed E-state index contributed by atoms with van der Waals surface area (Å²) in [6.07, 6.45) is -0.0143. The van der Waals surface area contributed by atoms with E-state index in [-0.39, 0.29) is 24.0 Å². The molecule has 1 amide bonds. The van der Waals surface area contributed by atoms with Crippen molar-refractivity contribution >= 4 is 12.1 Å². The summed E-state index contributed by atoms with van der Waals surface area (Å²) in [5, 5.41) is 5.92. The summed E-state index contributed by atoms with van der Waals surface area (Å²) < 4.78 is 10.5. The maximum absolute atomic E-state index is 12.0. The molecule has 1 aliphatic rings. The van der Waals surface area contributed by atoms with Crippen molar-refractivity contribution < 1.29 is 19.1 Å². The van der Waals surface area contributed by atoms with Crippen LogP contribution in [0.15, 0.2) is 0 Å². The summed E-state index contributed by atoms with van der Waals surface area (Å²) in [4.78, 5) is 23.8. The lowest BCUT2D eigenvalue weighted by molar-refractivity contribution is -0.154. The molecule has 116 valence electrons. The fourth-order valence-electron chi connectivity index (χ4n) is 2.07. The second kappa shape index (κ2) is 6.92. The lowest BCUT2D eigenvalue weighted by Gasteiger charge is -2.32. The molecule has 0 spiro atoms. The fraction of sp³-hybridized carbons (Fsp3) is 0.857. The molecule has 1 saturated heterocycles. The predicted molar refractivity (Wildman–Crippen MR) is 75.4 cm³/mol. The average Bonchev–Trinajstić information content (AvgIpc) is 2.25. The van der Waals surface area contributed by atoms with Gasteiger partial charge in [-0.05, 0) is 47.6 Å². The lowest BCUT2D eigenvalue weighted by Crippen LogP contribution is -2.54. The fourth-order valence-corrected chi connectivity index (χ4v) is 2.07. The third kappa shape index (κ3) is 5.77. The van der Waals surface area contributed by atoms with Crippen molar-refractivity contribution in [2.45, 2.75) is 58.8 Å². The van der Waals surface area contributed by atoms with Gasteiger partial charge in [0.1, 0.15) is 5.60 Å². The van der Waals surface area contributed by atoms with Crippen LogP contribution in [0.2, 0.25) is 0 Å². The van der Waals surface area contributed by atoms with E-state index in [1.807, 2.05) is 13.8 Å². The van der Waals surface area contributed by atoms with Crippen LogP contribution in [0.3, 0.4) is 0 Å². The summed E-state index contributed by atoms with van der Waals surface area (Å²) in [6.45, 7) is 10.3. The minimum Gasteiger partial charge on any atom is -0.463 e. The number of carbonyl (C=O) groups excluding carboxylic acids is 2. The van der Waals surface area contributed by atoms with E-state index in [4.69, 9.17) is 9.47 Å². The van der Waals surface area contributed by atoms with E-state index in [2.05, 4.69) is 10.6 Å². The molecule has 2 N–H and O–H groups in total. The monoisotopic (exact) mass is 286 g/mol. The van der Waals surface area contributed by atoms with Crippen LogP contribution < -0.4 is 10.6 Å². The van der Waals surface area contributed by atoms with E-state index in [0.717, 1.165) is 6.54 Å². The first-order chi connectivity index (χ1) is 9.19. The van der Waals surface area contributed by atoms with E-state index in [1.165, 1.54) is 0 Å². The van der Waals surface area contributed by atoms with Gasteiger partial charge in [-0.2, -0.15) is 0 Å². The van der Waals surface area contributed by atoms with Crippen molar-refractivity contribution in [3.8, 4) is 0 Å². The van der Waals surface area contributed by atoms with Gasteiger partial charge in [-0.3, -0.25) is 4.79 Å². The molecule has 1 rings (SSSR count). The number of hydrogen-bond acceptors (Lipinski definition) is 5. The SMILES string of the molecule is CC(C)OC(=O)[C@@H]1CCNC[C@@H]1NC(=O)OC(C)(C)C. The summed E-state index contributed by atoms with van der Waals surface area (Å²) in [5.41, 5.74) is -0.555. The highest BCUT2D eigenvalue weighted by Gasteiger charge is 2.34. The average molecular weight is 286 g/mol. The normalized spacial score (nSPS) is 23.3. The molecule has 1 fully saturated rings. The zero-order chi connectivity index (χ0) is 15.3. The number of hydrogen-bond donors (Lipinski definition) is 2. The highest BCUT2D eigenvalue weighted by atomic mass is 16.6. The molecular weight excluding hydrogens is 260 g/mol. The van der Waals surface area contributed by atoms with E-state index >= 15 is 0 Å². The summed E-state index contributed by atoms with van der Waals surface area (Å²) in [7, 11) is 0. The van der Waals surface area contributed by atoms with Crippen molar-refractivity contribution in [3.63, 3.8) is 0 Å². The summed E-state index contributed by atoms with van der Waals surface area (Å²) >= 11 is 0. The van der Waals surface area contributed by atoms with Gasteiger partial charge in [-0.1, -0.05) is 0 Å². The molecular formula is C14H26N2O4. The molecule has 6 heteroatoms. The molecule has 0 aromatic carbocycles. The molecule has 0 radical (unpaired) electrons. The number of carbonyl (C=O) groups is 2. The van der Waals surface area contributed by atoms with Crippen LogP contribution in [-0.2, 0) is 14.3 Å². The largest absolute Gasteiger partial charge is 0.463 e. The van der Waals surface area contributed by atoms with Gasteiger partial charge >= 0.3 is 12.1 Å². The Hall–Kier alpha value is -1.30. The van der Waals surface area contributed by atoms with Crippen LogP contribution in [0.25, 0.3) is 0 Å². The van der Waals surface area contributed by atoms with Crippen molar-refractivity contribution in [3.05, 3.63) is 0 Å². The smallest absolute Gasteiger partial charge is 0.407 e. The first-order valence-electron chi connectivity index (χ1n) is 7.10. The van der Waals surface area contributed by atoms with Crippen molar-refractivity contribution in [1.82, 2.24) is 10.6 Å². The van der Waals surface area contributed by atoms with Crippen molar-refractivity contribution in [2.75, 3.05) is 13.1 Å². The lowest BCUT2D eigenvalue weighted by atomic mass is 9.93. The number of ether oxygens (including phenoxy) is 2. The van der Waals surface area contributed by atoms with Gasteiger partial charge in [0.05, 0.1) is 18.1 Å². The Balaban J connectivity index is 2.60. The van der Waals surface area contributed by atoms with Crippen LogP contribution in [0, 0.1) is 5.92 Å². The van der Waals surface area contributed by atoms with E-state index in [0.29, 0.717) is 13.0 Å². The topological polar surface area (TPSA) is 76.7 Å². The summed E-state index contributed by atoms with van der Waals surface area (Å²) in [6, 6.07) is -0.301. The Kier molecular flexibility index (Phi) is 5.80. The number of esters is 1. The van der Waals surface area contributed by atoms with E-state index in [1.54, 1.807) is 20.8 Å². The molecule has 0 aromatic rings. The molecule has 1 aliphatic heterocycles. The van der Waals surface area contributed by atoms with Gasteiger partial charge in [0.2, 0.25) is 0 Å². The maximum atomic E-state index is 12.0. The van der Waals surface area contributed by atoms with E-state index in [9.17, 15) is 9.59 Å². The molecule has 0 bridgehead atoms. The van der Waals surface area contributed by atoms with Crippen molar-refractivity contribution in [2.24, 2.45) is 5.92 Å². The standard InChI is InChI=1S/C14H26N2O4/c1-9(2)19-12(17)10-6-7-15-8-11(10)16-13(18)20-14(3,4)5/h9-11,15H,6-8H2,1-5H3,(H,16,18)/t10-,11+/m1/s1. The number of amides is 1. The number of piperidine rings is 1. The molecule has 6 nitrogen and oxygen atoms in total. The number of rotatable bonds is 3. The van der Waals surface area contributed by atoms with Gasteiger partial charge < -0.3 is 20.1 Å². The molecule has 20 heavy (non-hydrogen) atoms. The minimum absolute atomic E-state index is 0.153. The maximum Gasteiger partial charge on any atom is 0.407 e. The minimum atomic E-state index is -0.555. The highest BCUT2D eigenvalue weighted by Crippen LogP contribution is 2.16. The van der Waals surface area contributed by atoms with E-state index < -0.39 is 11.7 Å². The number of alkyl carbamates (subject to hydrolysis) is 1. The first-order valence-corrected chi connectivity index (χ1v) is 7.10. The van der Waals surface area contributed by atoms with Gasteiger partial charge in [0, 0.05) is 6.54 Å². The zero-order valence-corrected chi connectivity index (χ0v) is 13.0. The predicted octanol–water partition coefficient (Wildman–Crippen LogP) is 1.44. The Labute approximate surface area is 120 Å². The third-order valence-corrected chi connectivity index (χ3v) is 2.84. The Morgan fingerprint density at radius 2 is 1.95 bits per heavy atom. The van der Waals surface area contributed by atoms with Gasteiger partial charge in [-0.25, -0.2) is 4.79 Å². The zero-order valence-electron chi connectivity index (χ0n) is 13.0. The van der Waals surface area contributed by atoms with Crippen LogP contribution in [-0.4, -0.2) is 42.9 Å². The Bertz CT molecular complexity index is 350. The number of nitrogens with one attached hydrogen (secondary N) is 2. The second-order valence-corrected chi connectivity index (χ2v) is 6.34. The Morgan fingerprint density at radius 1 is 1.30 bits per heavy atom. The highest BCUT2D eigenvalue weighted by molar-refractivity contribution is 5.75. The van der Waals surface area contributed by atoms with Crippen LogP contribution in [0.1, 0.15) is 41.0 Å². The quantitative estimate of drug-likeness (QED) is 0.768. The molecule has 2 atom stereocenters. The molecule has 0 aliphatic carbocycles. The molecule has 0 unspecified atom stereocenters. The second-order valence-electron chi connectivity index (χ2n) is 6.34. The van der Waals surface area contributed by atoms with Crippen LogP contribution in [0.4, 0.5) is 4.79 Å². The van der Waals surface area contributed by atoms with Gasteiger partial charge in [0.15, 0.2) is 0 Å². The molecule has 1 heterocycles. The van der Waals surface area contributed by atoms with Crippen LogP contribution in [0.5, 0.6) is 0 Å². The molecule has 0 aromatic heterocycles. The van der Waals surface area contributed by atoms with Crippen LogP contribution >= 0.6 is 0 Å². The summed E-state index contributed by atoms with van der Waals surface area (Å²) in [5.74, 6) is -0.589. The first kappa shape index (κ1) is 16.8. The molecule has 0 saturated carbocycles. The van der Waals surface area contributed by atoms with Crippen molar-refractivity contribution in [1.29, 1.82) is 0 Å². The van der Waals surface area contributed by atoms with Gasteiger partial charge in [0.25, 0.3) is 0 Å².